The van der Waals surface area contributed by atoms with Gasteiger partial charge in [-0.05, 0) is 36.8 Å². The summed E-state index contributed by atoms with van der Waals surface area (Å²) >= 11 is 0. The lowest BCUT2D eigenvalue weighted by Crippen LogP contribution is -2.42. The molecule has 4 heteroatoms. The smallest absolute Gasteiger partial charge is 0.328 e. The van der Waals surface area contributed by atoms with E-state index in [2.05, 4.69) is 20.8 Å². The van der Waals surface area contributed by atoms with Crippen LogP contribution in [0.5, 0.6) is 5.75 Å². The number of carbonyl (C=O) groups is 2. The van der Waals surface area contributed by atoms with Crippen LogP contribution in [0.25, 0.3) is 0 Å². The maximum atomic E-state index is 13.2. The van der Waals surface area contributed by atoms with Gasteiger partial charge in [0.25, 0.3) is 0 Å². The minimum atomic E-state index is -1.25. The van der Waals surface area contributed by atoms with Gasteiger partial charge in [-0.1, -0.05) is 143 Å². The molecule has 0 aliphatic rings. The summed E-state index contributed by atoms with van der Waals surface area (Å²) in [4.78, 5) is 26.2. The van der Waals surface area contributed by atoms with Crippen molar-refractivity contribution in [1.82, 2.24) is 0 Å². The molecule has 0 saturated heterocycles. The Morgan fingerprint density at radius 3 is 1.59 bits per heavy atom. The quantitative estimate of drug-likeness (QED) is 0.0666. The van der Waals surface area contributed by atoms with E-state index in [-0.39, 0.29) is 5.92 Å². The molecule has 0 heterocycles. The molecule has 0 spiro atoms. The van der Waals surface area contributed by atoms with Crippen molar-refractivity contribution >= 4 is 11.9 Å². The molecule has 0 aromatic heterocycles. The van der Waals surface area contributed by atoms with Crippen LogP contribution in [-0.4, -0.2) is 18.5 Å². The van der Waals surface area contributed by atoms with E-state index in [1.54, 1.807) is 6.07 Å². The molecule has 0 fully saturated rings. The van der Waals surface area contributed by atoms with Crippen molar-refractivity contribution < 1.29 is 19.1 Å². The first-order valence-electron chi connectivity index (χ1n) is 15.4. The molecule has 0 aliphatic heterocycles. The summed E-state index contributed by atoms with van der Waals surface area (Å²) in [6.07, 6.45) is 20.2. The zero-order valence-electron chi connectivity index (χ0n) is 24.7. The number of rotatable bonds is 22. The SMILES string of the molecule is CCCCCCCCCCCCCCCCCOC(=O)C(CC)(CC)C(=O)Oc1ccccc1C(C)C. The summed E-state index contributed by atoms with van der Waals surface area (Å²) in [6.45, 7) is 10.5. The summed E-state index contributed by atoms with van der Waals surface area (Å²) in [5.74, 6) is -0.204. The maximum absolute atomic E-state index is 13.2. The Morgan fingerprint density at radius 2 is 1.14 bits per heavy atom. The number of para-hydroxylation sites is 1. The first-order chi connectivity index (χ1) is 17.9. The number of unbranched alkanes of at least 4 members (excludes halogenated alkanes) is 14. The fourth-order valence-corrected chi connectivity index (χ4v) is 4.94. The highest BCUT2D eigenvalue weighted by atomic mass is 16.6. The number of benzene rings is 1. The molecule has 0 N–H and O–H groups in total. The van der Waals surface area contributed by atoms with Gasteiger partial charge in [-0.3, -0.25) is 9.59 Å². The highest BCUT2D eigenvalue weighted by Gasteiger charge is 2.46. The van der Waals surface area contributed by atoms with Gasteiger partial charge in [0, 0.05) is 0 Å². The third-order valence-corrected chi connectivity index (χ3v) is 7.71. The second-order valence-corrected chi connectivity index (χ2v) is 11.0. The van der Waals surface area contributed by atoms with E-state index in [1.165, 1.54) is 83.5 Å². The molecule has 4 nitrogen and oxygen atoms in total. The van der Waals surface area contributed by atoms with Gasteiger partial charge in [0.1, 0.15) is 5.75 Å². The first kappa shape index (κ1) is 33.2. The molecular formula is C33H56O4. The van der Waals surface area contributed by atoms with E-state index < -0.39 is 17.4 Å². The Morgan fingerprint density at radius 1 is 0.676 bits per heavy atom. The fraction of sp³-hybridized carbons (Fsp3) is 0.758. The molecule has 1 aromatic carbocycles. The zero-order chi connectivity index (χ0) is 27.4. The van der Waals surface area contributed by atoms with Crippen LogP contribution < -0.4 is 4.74 Å². The molecule has 1 aromatic rings. The molecule has 1 rings (SSSR count). The van der Waals surface area contributed by atoms with Crippen molar-refractivity contribution in [2.45, 2.75) is 150 Å². The average molecular weight is 517 g/mol. The van der Waals surface area contributed by atoms with Crippen molar-refractivity contribution in [3.8, 4) is 5.75 Å². The summed E-state index contributed by atoms with van der Waals surface area (Å²) in [7, 11) is 0. The van der Waals surface area contributed by atoms with E-state index in [0.29, 0.717) is 25.2 Å². The summed E-state index contributed by atoms with van der Waals surface area (Å²) in [5, 5.41) is 0. The van der Waals surface area contributed by atoms with Crippen molar-refractivity contribution in [1.29, 1.82) is 0 Å². The van der Waals surface area contributed by atoms with Gasteiger partial charge < -0.3 is 9.47 Å². The Bertz CT molecular complexity index is 736. The molecule has 212 valence electrons. The van der Waals surface area contributed by atoms with Gasteiger partial charge in [0.2, 0.25) is 0 Å². The Hall–Kier alpha value is -1.84. The van der Waals surface area contributed by atoms with Gasteiger partial charge in [-0.15, -0.1) is 0 Å². The van der Waals surface area contributed by atoms with Gasteiger partial charge in [-0.2, -0.15) is 0 Å². The largest absolute Gasteiger partial charge is 0.465 e. The number of hydrogen-bond donors (Lipinski definition) is 0. The Labute approximate surface area is 228 Å². The standard InChI is InChI=1S/C33H56O4/c1-6-9-10-11-12-13-14-15-16-17-18-19-20-21-24-27-36-31(34)33(7-2,8-3)32(35)37-30-26-23-22-25-29(30)28(4)5/h22-23,25-26,28H,6-21,24,27H2,1-5H3. The van der Waals surface area contributed by atoms with Crippen molar-refractivity contribution in [3.05, 3.63) is 29.8 Å². The van der Waals surface area contributed by atoms with Gasteiger partial charge in [0.05, 0.1) is 6.61 Å². The summed E-state index contributed by atoms with van der Waals surface area (Å²) in [5.41, 5.74) is -0.289. The molecular weight excluding hydrogens is 460 g/mol. The monoisotopic (exact) mass is 516 g/mol. The van der Waals surface area contributed by atoms with Crippen molar-refractivity contribution in [3.63, 3.8) is 0 Å². The molecule has 0 amide bonds. The van der Waals surface area contributed by atoms with E-state index in [9.17, 15) is 9.59 Å². The van der Waals surface area contributed by atoms with Gasteiger partial charge in [-0.25, -0.2) is 0 Å². The number of carbonyl (C=O) groups excluding carboxylic acids is 2. The topological polar surface area (TPSA) is 52.6 Å². The predicted molar refractivity (Wildman–Crippen MR) is 155 cm³/mol. The summed E-state index contributed by atoms with van der Waals surface area (Å²) in [6, 6.07) is 7.54. The minimum absolute atomic E-state index is 0.221. The molecule has 0 unspecified atom stereocenters. The van der Waals surface area contributed by atoms with E-state index in [4.69, 9.17) is 9.47 Å². The second kappa shape index (κ2) is 20.2. The van der Waals surface area contributed by atoms with Crippen LogP contribution in [0.4, 0.5) is 0 Å². The number of ether oxygens (including phenoxy) is 2. The van der Waals surface area contributed by atoms with Crippen molar-refractivity contribution in [2.24, 2.45) is 5.41 Å². The molecule has 0 aliphatic carbocycles. The van der Waals surface area contributed by atoms with Crippen LogP contribution in [-0.2, 0) is 14.3 Å². The molecule has 0 bridgehead atoms. The Balaban J connectivity index is 2.24. The highest BCUT2D eigenvalue weighted by Crippen LogP contribution is 2.33. The minimum Gasteiger partial charge on any atom is -0.465 e. The van der Waals surface area contributed by atoms with E-state index >= 15 is 0 Å². The normalized spacial score (nSPS) is 11.6. The van der Waals surface area contributed by atoms with Crippen LogP contribution >= 0.6 is 0 Å². The molecule has 0 atom stereocenters. The van der Waals surface area contributed by atoms with Gasteiger partial charge in [0.15, 0.2) is 5.41 Å². The van der Waals surface area contributed by atoms with E-state index in [0.717, 1.165) is 18.4 Å². The van der Waals surface area contributed by atoms with Crippen LogP contribution in [0.3, 0.4) is 0 Å². The highest BCUT2D eigenvalue weighted by molar-refractivity contribution is 6.00. The number of hydrogen-bond acceptors (Lipinski definition) is 4. The lowest BCUT2D eigenvalue weighted by atomic mass is 9.82. The predicted octanol–water partition coefficient (Wildman–Crippen LogP) is 9.94. The number of esters is 2. The second-order valence-electron chi connectivity index (χ2n) is 11.0. The average Bonchev–Trinajstić information content (AvgIpc) is 2.89. The molecule has 37 heavy (non-hydrogen) atoms. The first-order valence-corrected chi connectivity index (χ1v) is 15.4. The third kappa shape index (κ3) is 12.5. The lowest BCUT2D eigenvalue weighted by molar-refractivity contribution is -0.168. The van der Waals surface area contributed by atoms with Crippen molar-refractivity contribution in [2.75, 3.05) is 6.61 Å². The van der Waals surface area contributed by atoms with Crippen LogP contribution in [0, 0.1) is 5.41 Å². The van der Waals surface area contributed by atoms with E-state index in [1.807, 2.05) is 32.0 Å². The molecule has 0 saturated carbocycles. The zero-order valence-corrected chi connectivity index (χ0v) is 24.7. The fourth-order valence-electron chi connectivity index (χ4n) is 4.94. The lowest BCUT2D eigenvalue weighted by Gasteiger charge is -2.27. The Kier molecular flexibility index (Phi) is 18.1. The third-order valence-electron chi connectivity index (χ3n) is 7.71. The van der Waals surface area contributed by atoms with Crippen LogP contribution in [0.15, 0.2) is 24.3 Å². The maximum Gasteiger partial charge on any atom is 0.328 e. The summed E-state index contributed by atoms with van der Waals surface area (Å²) < 4.78 is 11.4. The van der Waals surface area contributed by atoms with Crippen LogP contribution in [0.1, 0.15) is 155 Å². The van der Waals surface area contributed by atoms with Gasteiger partial charge >= 0.3 is 11.9 Å². The van der Waals surface area contributed by atoms with Crippen LogP contribution in [0.2, 0.25) is 0 Å². The molecule has 0 radical (unpaired) electrons.